The highest BCUT2D eigenvalue weighted by atomic mass is 16.3. The number of carbonyl (C=O) groups excluding carboxylic acids is 1. The summed E-state index contributed by atoms with van der Waals surface area (Å²) in [6.45, 7) is 1.28. The maximum atomic E-state index is 13.2. The largest absolute Gasteiger partial charge is 0.391 e. The van der Waals surface area contributed by atoms with Crippen LogP contribution in [0.4, 0.5) is 0 Å². The van der Waals surface area contributed by atoms with Crippen molar-refractivity contribution >= 4 is 16.8 Å². The molecule has 1 aliphatic heterocycles. The Hall–Kier alpha value is -2.93. The normalized spacial score (nSPS) is 27.1. The number of rotatable bonds is 2. The SMILES string of the molecule is O=C(c1cc(=O)[nH]c2ccccc12)N1C[C@H]2C[C@@H](n3ccnc3)[C@H](O)C[C@H]2C1. The molecular formula is C21H22N4O3. The second kappa shape index (κ2) is 6.60. The van der Waals surface area contributed by atoms with E-state index < -0.39 is 6.10 Å². The van der Waals surface area contributed by atoms with Crippen LogP contribution in [0.25, 0.3) is 10.9 Å². The van der Waals surface area contributed by atoms with Gasteiger partial charge in [0, 0.05) is 42.5 Å². The molecule has 1 saturated heterocycles. The number of fused-ring (bicyclic) bond motifs is 2. The number of pyridine rings is 1. The van der Waals surface area contributed by atoms with Gasteiger partial charge in [-0.3, -0.25) is 9.59 Å². The van der Waals surface area contributed by atoms with E-state index in [1.54, 1.807) is 12.5 Å². The highest BCUT2D eigenvalue weighted by Crippen LogP contribution is 2.41. The number of hydrogen-bond donors (Lipinski definition) is 2. The van der Waals surface area contributed by atoms with Crippen LogP contribution in [0.1, 0.15) is 29.2 Å². The minimum atomic E-state index is -0.439. The number of para-hydroxylation sites is 1. The molecule has 2 aromatic heterocycles. The van der Waals surface area contributed by atoms with Crippen LogP contribution in [0.15, 0.2) is 53.8 Å². The van der Waals surface area contributed by atoms with Crippen molar-refractivity contribution in [3.05, 3.63) is 65.0 Å². The first-order chi connectivity index (χ1) is 13.6. The number of hydrogen-bond acceptors (Lipinski definition) is 4. The number of nitrogens with one attached hydrogen (secondary N) is 1. The molecule has 5 rings (SSSR count). The average Bonchev–Trinajstić information content (AvgIpc) is 3.35. The van der Waals surface area contributed by atoms with Gasteiger partial charge in [0.05, 0.1) is 24.0 Å². The third kappa shape index (κ3) is 2.82. The second-order valence-corrected chi connectivity index (χ2v) is 7.94. The molecule has 28 heavy (non-hydrogen) atoms. The van der Waals surface area contributed by atoms with E-state index in [0.29, 0.717) is 36.5 Å². The van der Waals surface area contributed by atoms with Gasteiger partial charge in [-0.15, -0.1) is 0 Å². The van der Waals surface area contributed by atoms with E-state index in [1.165, 1.54) is 6.07 Å². The number of carbonyl (C=O) groups is 1. The van der Waals surface area contributed by atoms with Gasteiger partial charge in [0.2, 0.25) is 5.56 Å². The van der Waals surface area contributed by atoms with Crippen molar-refractivity contribution in [2.75, 3.05) is 13.1 Å². The fourth-order valence-corrected chi connectivity index (χ4v) is 4.91. The number of amides is 1. The minimum Gasteiger partial charge on any atom is -0.391 e. The zero-order valence-electron chi connectivity index (χ0n) is 15.4. The number of benzene rings is 1. The Morgan fingerprint density at radius 1 is 1.18 bits per heavy atom. The van der Waals surface area contributed by atoms with Crippen LogP contribution in [-0.4, -0.2) is 49.6 Å². The quantitative estimate of drug-likeness (QED) is 0.711. The van der Waals surface area contributed by atoms with Crippen molar-refractivity contribution in [2.45, 2.75) is 25.0 Å². The molecule has 2 aliphatic rings. The predicted octanol–water partition coefficient (Wildman–Crippen LogP) is 1.81. The summed E-state index contributed by atoms with van der Waals surface area (Å²) in [6, 6.07) is 8.78. The average molecular weight is 378 g/mol. The first kappa shape index (κ1) is 17.2. The number of nitrogens with zero attached hydrogens (tertiary/aromatic N) is 3. The Morgan fingerprint density at radius 2 is 1.96 bits per heavy atom. The van der Waals surface area contributed by atoms with Crippen LogP contribution in [0.3, 0.4) is 0 Å². The Labute approximate surface area is 161 Å². The van der Waals surface area contributed by atoms with Gasteiger partial charge in [-0.1, -0.05) is 18.2 Å². The van der Waals surface area contributed by atoms with E-state index in [2.05, 4.69) is 9.97 Å². The smallest absolute Gasteiger partial charge is 0.254 e. The maximum absolute atomic E-state index is 13.2. The third-order valence-corrected chi connectivity index (χ3v) is 6.29. The molecule has 0 spiro atoms. The van der Waals surface area contributed by atoms with E-state index in [1.807, 2.05) is 39.9 Å². The highest BCUT2D eigenvalue weighted by Gasteiger charge is 2.43. The van der Waals surface area contributed by atoms with Crippen LogP contribution in [0.2, 0.25) is 0 Å². The zero-order valence-corrected chi connectivity index (χ0v) is 15.4. The van der Waals surface area contributed by atoms with Gasteiger partial charge >= 0.3 is 0 Å². The number of aliphatic hydroxyl groups excluding tert-OH is 1. The lowest BCUT2D eigenvalue weighted by molar-refractivity contribution is 0.0357. The van der Waals surface area contributed by atoms with Crippen molar-refractivity contribution < 1.29 is 9.90 Å². The first-order valence-corrected chi connectivity index (χ1v) is 9.67. The second-order valence-electron chi connectivity index (χ2n) is 7.94. The number of aromatic nitrogens is 3. The van der Waals surface area contributed by atoms with Crippen molar-refractivity contribution in [1.82, 2.24) is 19.4 Å². The van der Waals surface area contributed by atoms with E-state index >= 15 is 0 Å². The fourth-order valence-electron chi connectivity index (χ4n) is 4.91. The van der Waals surface area contributed by atoms with Crippen LogP contribution in [-0.2, 0) is 0 Å². The molecule has 1 amide bonds. The molecule has 0 radical (unpaired) electrons. The molecule has 2 N–H and O–H groups in total. The van der Waals surface area contributed by atoms with Crippen LogP contribution in [0.5, 0.6) is 0 Å². The molecule has 0 bridgehead atoms. The van der Waals surface area contributed by atoms with E-state index in [-0.39, 0.29) is 23.4 Å². The molecule has 3 heterocycles. The lowest BCUT2D eigenvalue weighted by atomic mass is 9.77. The maximum Gasteiger partial charge on any atom is 0.254 e. The lowest BCUT2D eigenvalue weighted by Crippen LogP contribution is -2.35. The van der Waals surface area contributed by atoms with Crippen molar-refractivity contribution in [3.8, 4) is 0 Å². The standard InChI is InChI=1S/C21H22N4O3/c26-19-8-14-11-25(10-13(14)7-18(19)24-6-5-22-12-24)21(28)16-9-20(27)23-17-4-2-1-3-15(16)17/h1-6,9,12-14,18-19,26H,7-8,10-11H2,(H,23,27)/t13-,14+,18-,19-/m1/s1. The fraction of sp³-hybridized carbons (Fsp3) is 0.381. The molecule has 1 saturated carbocycles. The van der Waals surface area contributed by atoms with Gasteiger partial charge in [0.1, 0.15) is 0 Å². The molecule has 1 aliphatic carbocycles. The van der Waals surface area contributed by atoms with Crippen LogP contribution in [0, 0.1) is 11.8 Å². The Morgan fingerprint density at radius 3 is 2.75 bits per heavy atom. The van der Waals surface area contributed by atoms with Crippen molar-refractivity contribution in [3.63, 3.8) is 0 Å². The summed E-state index contributed by atoms with van der Waals surface area (Å²) < 4.78 is 1.97. The first-order valence-electron chi connectivity index (χ1n) is 9.67. The highest BCUT2D eigenvalue weighted by molar-refractivity contribution is 6.06. The van der Waals surface area contributed by atoms with Gasteiger partial charge in [-0.05, 0) is 30.7 Å². The van der Waals surface area contributed by atoms with Crippen LogP contribution < -0.4 is 5.56 Å². The molecule has 0 unspecified atom stereocenters. The van der Waals surface area contributed by atoms with Crippen molar-refractivity contribution in [1.29, 1.82) is 0 Å². The molecule has 144 valence electrons. The summed E-state index contributed by atoms with van der Waals surface area (Å²) >= 11 is 0. The van der Waals surface area contributed by atoms with E-state index in [9.17, 15) is 14.7 Å². The predicted molar refractivity (Wildman–Crippen MR) is 104 cm³/mol. The summed E-state index contributed by atoms with van der Waals surface area (Å²) in [4.78, 5) is 34.0. The number of H-pyrrole nitrogens is 1. The van der Waals surface area contributed by atoms with E-state index in [0.717, 1.165) is 11.8 Å². The van der Waals surface area contributed by atoms with E-state index in [4.69, 9.17) is 0 Å². The molecule has 3 aromatic rings. The van der Waals surface area contributed by atoms with Gasteiger partial charge in [-0.25, -0.2) is 4.98 Å². The molecular weight excluding hydrogens is 356 g/mol. The Balaban J connectivity index is 1.41. The number of aromatic amines is 1. The molecule has 7 nitrogen and oxygen atoms in total. The molecule has 7 heteroatoms. The molecule has 4 atom stereocenters. The van der Waals surface area contributed by atoms with Crippen LogP contribution >= 0.6 is 0 Å². The summed E-state index contributed by atoms with van der Waals surface area (Å²) in [5.74, 6) is 0.519. The summed E-state index contributed by atoms with van der Waals surface area (Å²) in [5, 5.41) is 11.4. The number of aliphatic hydroxyl groups is 1. The summed E-state index contributed by atoms with van der Waals surface area (Å²) in [7, 11) is 0. The Kier molecular flexibility index (Phi) is 4.05. The number of imidazole rings is 1. The van der Waals surface area contributed by atoms with Gasteiger partial charge in [-0.2, -0.15) is 0 Å². The lowest BCUT2D eigenvalue weighted by Gasteiger charge is -2.35. The van der Waals surface area contributed by atoms with Gasteiger partial charge in [0.25, 0.3) is 5.91 Å². The van der Waals surface area contributed by atoms with Crippen molar-refractivity contribution in [2.24, 2.45) is 11.8 Å². The molecule has 2 fully saturated rings. The molecule has 1 aromatic carbocycles. The monoisotopic (exact) mass is 378 g/mol. The minimum absolute atomic E-state index is 0.000739. The summed E-state index contributed by atoms with van der Waals surface area (Å²) in [5.41, 5.74) is 0.851. The third-order valence-electron chi connectivity index (χ3n) is 6.29. The number of likely N-dealkylation sites (tertiary alicyclic amines) is 1. The topological polar surface area (TPSA) is 91.2 Å². The van der Waals surface area contributed by atoms with Gasteiger partial charge < -0.3 is 19.6 Å². The summed E-state index contributed by atoms with van der Waals surface area (Å²) in [6.07, 6.45) is 6.41. The van der Waals surface area contributed by atoms with Gasteiger partial charge in [0.15, 0.2) is 0 Å². The zero-order chi connectivity index (χ0) is 19.3. The Bertz CT molecular complexity index is 1070.